The lowest BCUT2D eigenvalue weighted by Crippen LogP contribution is -2.60. The van der Waals surface area contributed by atoms with Crippen LogP contribution in [-0.4, -0.2) is 106 Å². The average molecular weight is 1010 g/mol. The van der Waals surface area contributed by atoms with Crippen molar-refractivity contribution in [3.05, 3.63) is 101 Å². The van der Waals surface area contributed by atoms with Gasteiger partial charge in [0.1, 0.15) is 23.9 Å². The standard InChI is InChI=1S/C52H62F4N5O7PS/c1-4-24-67-50(65)32(3)58-69(66,68-41-14-10-7-11-15-41)46(53)34-16-21-44-35(25-34)26-45(70-44)47(62)57-42-19-17-38(59(5-2)40-27-37(28-40)52(54,55)56)29-39-18-20-43(61(39)48(42)63)49(64)60-31-36(30-51(60)22-23-51)33-12-8-6-9-13-33/h6-16,21,25-26,32,36-40,42-43,46H,4-5,17-20,22-24,27-31H2,1-3H3,(H,57,62)(H,58,66)/t32-,36+,37?,38-,39+,40?,42-,43-,46+,69?/m0/s1. The van der Waals surface area contributed by atoms with Crippen LogP contribution in [0.1, 0.15) is 124 Å². The Morgan fingerprint density at radius 3 is 2.31 bits per heavy atom. The number of carbonyl (C=O) groups is 4. The molecule has 376 valence electrons. The van der Waals surface area contributed by atoms with Gasteiger partial charge in [-0.1, -0.05) is 68.4 Å². The lowest BCUT2D eigenvalue weighted by Gasteiger charge is -2.48. The number of hydrogen-bond acceptors (Lipinski definition) is 9. The van der Waals surface area contributed by atoms with E-state index in [0.717, 1.165) is 30.6 Å². The molecule has 2 saturated carbocycles. The fourth-order valence-electron chi connectivity index (χ4n) is 11.5. The first kappa shape index (κ1) is 50.1. The second-order valence-corrected chi connectivity index (χ2v) is 23.1. The molecule has 4 heterocycles. The zero-order valence-electron chi connectivity index (χ0n) is 39.7. The Bertz CT molecular complexity index is 2590. The number of ether oxygens (including phenoxy) is 1. The van der Waals surface area contributed by atoms with Crippen molar-refractivity contribution in [1.82, 2.24) is 25.1 Å². The molecule has 0 bridgehead atoms. The monoisotopic (exact) mass is 1010 g/mol. The first-order valence-corrected chi connectivity index (χ1v) is 27.3. The van der Waals surface area contributed by atoms with E-state index in [2.05, 4.69) is 27.4 Å². The van der Waals surface area contributed by atoms with Crippen LogP contribution in [0.5, 0.6) is 5.75 Å². The van der Waals surface area contributed by atoms with Gasteiger partial charge in [0, 0.05) is 40.8 Å². The van der Waals surface area contributed by atoms with Crippen LogP contribution >= 0.6 is 18.9 Å². The number of nitrogens with one attached hydrogen (secondary N) is 2. The molecule has 1 unspecified atom stereocenters. The summed E-state index contributed by atoms with van der Waals surface area (Å²) in [7, 11) is -4.52. The predicted molar refractivity (Wildman–Crippen MR) is 259 cm³/mol. The molecule has 12 nitrogen and oxygen atoms in total. The first-order chi connectivity index (χ1) is 33.5. The second kappa shape index (κ2) is 20.4. The van der Waals surface area contributed by atoms with E-state index in [-0.39, 0.29) is 83.5 Å². The van der Waals surface area contributed by atoms with Crippen molar-refractivity contribution < 1.29 is 50.6 Å². The molecule has 2 N–H and O–H groups in total. The number of benzene rings is 3. The molecular weight excluding hydrogens is 946 g/mol. The van der Waals surface area contributed by atoms with Gasteiger partial charge in [-0.05, 0) is 131 Å². The van der Waals surface area contributed by atoms with Crippen molar-refractivity contribution in [2.45, 2.75) is 151 Å². The second-order valence-electron chi connectivity index (χ2n) is 19.9. The normalized spacial score (nSPS) is 27.0. The van der Waals surface area contributed by atoms with Crippen molar-refractivity contribution in [3.8, 4) is 5.75 Å². The number of rotatable bonds is 16. The summed E-state index contributed by atoms with van der Waals surface area (Å²) in [6.07, 6.45) is 1.17. The number of amides is 3. The number of carbonyl (C=O) groups excluding carboxylic acids is 4. The highest BCUT2D eigenvalue weighted by Gasteiger charge is 2.59. The topological polar surface area (TPSA) is 138 Å². The molecular formula is C52H62F4N5O7PS. The molecule has 2 aliphatic carbocycles. The SMILES string of the molecule is CCCOC(=O)[C@H](C)NP(=O)(Oc1ccccc1)[C@@H](F)c1ccc2sc(C(=O)N[C@H]3CC[C@H](N(CC)C4CC(C(F)(F)F)C4)C[C@H]4CC[C@@H](C(=O)N5C[C@H](c6ccccc6)CC56CC6)N4C3=O)cc2c1. The van der Waals surface area contributed by atoms with E-state index >= 15 is 9.18 Å². The zero-order valence-corrected chi connectivity index (χ0v) is 41.5. The third kappa shape index (κ3) is 10.3. The number of alkyl halides is 4. The number of hydrogen-bond donors (Lipinski definition) is 2. The van der Waals surface area contributed by atoms with Crippen molar-refractivity contribution in [1.29, 1.82) is 0 Å². The average Bonchev–Trinajstić information content (AvgIpc) is 3.59. The Labute approximate surface area is 410 Å². The van der Waals surface area contributed by atoms with E-state index in [0.29, 0.717) is 55.3 Å². The van der Waals surface area contributed by atoms with Crippen LogP contribution < -0.4 is 14.9 Å². The number of fused-ring (bicyclic) bond motifs is 2. The third-order valence-corrected chi connectivity index (χ3v) is 18.6. The van der Waals surface area contributed by atoms with Gasteiger partial charge in [-0.2, -0.15) is 13.2 Å². The summed E-state index contributed by atoms with van der Waals surface area (Å²) in [5, 5.41) is 6.06. The highest BCUT2D eigenvalue weighted by molar-refractivity contribution is 7.57. The van der Waals surface area contributed by atoms with Crippen LogP contribution in [-0.2, 0) is 23.7 Å². The summed E-state index contributed by atoms with van der Waals surface area (Å²) in [5.41, 5.74) is 0.906. The Balaban J connectivity index is 0.965. The van der Waals surface area contributed by atoms with Gasteiger partial charge in [0.05, 0.1) is 17.4 Å². The van der Waals surface area contributed by atoms with E-state index in [1.54, 1.807) is 35.2 Å². The minimum atomic E-state index is -4.52. The van der Waals surface area contributed by atoms with Crippen LogP contribution in [0, 0.1) is 5.92 Å². The summed E-state index contributed by atoms with van der Waals surface area (Å²) in [6, 6.07) is 20.6. The Morgan fingerprint density at radius 1 is 0.929 bits per heavy atom. The molecule has 9 rings (SSSR count). The van der Waals surface area contributed by atoms with Crippen molar-refractivity contribution >= 4 is 52.6 Å². The number of halogens is 4. The Hall–Kier alpha value is -4.83. The van der Waals surface area contributed by atoms with Crippen LogP contribution in [0.25, 0.3) is 10.1 Å². The molecule has 1 aromatic heterocycles. The minimum Gasteiger partial charge on any atom is -0.465 e. The van der Waals surface area contributed by atoms with E-state index in [1.807, 2.05) is 36.9 Å². The van der Waals surface area contributed by atoms with Gasteiger partial charge in [-0.3, -0.25) is 28.6 Å². The molecule has 3 aliphatic heterocycles. The van der Waals surface area contributed by atoms with E-state index in [9.17, 15) is 32.1 Å². The Morgan fingerprint density at radius 2 is 1.64 bits per heavy atom. The van der Waals surface area contributed by atoms with E-state index < -0.39 is 55.5 Å². The number of likely N-dealkylation sites (tertiary alicyclic amines) is 1. The molecule has 70 heavy (non-hydrogen) atoms. The van der Waals surface area contributed by atoms with Gasteiger partial charge in [-0.15, -0.1) is 11.3 Å². The predicted octanol–water partition coefficient (Wildman–Crippen LogP) is 10.3. The first-order valence-electron chi connectivity index (χ1n) is 24.8. The summed E-state index contributed by atoms with van der Waals surface area (Å²) in [4.78, 5) is 63.1. The van der Waals surface area contributed by atoms with Crippen LogP contribution in [0.4, 0.5) is 17.6 Å². The lowest BCUT2D eigenvalue weighted by molar-refractivity contribution is -0.209. The molecule has 3 aromatic carbocycles. The quantitative estimate of drug-likeness (QED) is 0.0638. The molecule has 3 amide bonds. The van der Waals surface area contributed by atoms with Crippen LogP contribution in [0.3, 0.4) is 0 Å². The molecule has 18 heteroatoms. The van der Waals surface area contributed by atoms with Crippen molar-refractivity contribution in [2.75, 3.05) is 19.7 Å². The van der Waals surface area contributed by atoms with Gasteiger partial charge in [-0.25, -0.2) is 9.48 Å². The van der Waals surface area contributed by atoms with E-state index in [1.165, 1.54) is 36.8 Å². The summed E-state index contributed by atoms with van der Waals surface area (Å²) in [6.45, 7) is 6.40. The maximum absolute atomic E-state index is 16.8. The lowest BCUT2D eigenvalue weighted by atomic mass is 9.77. The molecule has 8 atom stereocenters. The van der Waals surface area contributed by atoms with Gasteiger partial charge in [0.15, 0.2) is 0 Å². The number of para-hydroxylation sites is 1. The third-order valence-electron chi connectivity index (χ3n) is 15.3. The number of esters is 1. The van der Waals surface area contributed by atoms with Gasteiger partial charge in [0.25, 0.3) is 5.91 Å². The molecule has 0 radical (unpaired) electrons. The fraction of sp³-hybridized carbons (Fsp3) is 0.538. The zero-order chi connectivity index (χ0) is 49.5. The maximum atomic E-state index is 16.8. The Kier molecular flexibility index (Phi) is 14.6. The van der Waals surface area contributed by atoms with Gasteiger partial charge < -0.3 is 24.4 Å². The smallest absolute Gasteiger partial charge is 0.391 e. The van der Waals surface area contributed by atoms with Crippen LogP contribution in [0.2, 0.25) is 0 Å². The van der Waals surface area contributed by atoms with Crippen LogP contribution in [0.15, 0.2) is 84.9 Å². The fourth-order valence-corrected chi connectivity index (χ4v) is 14.3. The number of thiophene rings is 1. The van der Waals surface area contributed by atoms with Crippen molar-refractivity contribution in [2.24, 2.45) is 5.92 Å². The van der Waals surface area contributed by atoms with Crippen molar-refractivity contribution in [3.63, 3.8) is 0 Å². The van der Waals surface area contributed by atoms with E-state index in [4.69, 9.17) is 9.26 Å². The molecule has 3 saturated heterocycles. The number of nitrogens with zero attached hydrogens (tertiary/aromatic N) is 3. The summed E-state index contributed by atoms with van der Waals surface area (Å²) < 4.78 is 84.0. The largest absolute Gasteiger partial charge is 0.465 e. The minimum absolute atomic E-state index is 0.0137. The molecule has 1 spiro atoms. The molecule has 4 aromatic rings. The maximum Gasteiger partial charge on any atom is 0.391 e. The summed E-state index contributed by atoms with van der Waals surface area (Å²) >= 11 is 1.13. The molecule has 5 fully saturated rings. The van der Waals surface area contributed by atoms with Gasteiger partial charge >= 0.3 is 19.7 Å². The van der Waals surface area contributed by atoms with Gasteiger partial charge in [0.2, 0.25) is 17.7 Å². The highest BCUT2D eigenvalue weighted by Crippen LogP contribution is 2.58. The summed E-state index contributed by atoms with van der Waals surface area (Å²) in [5.74, 6) is -5.00. The highest BCUT2D eigenvalue weighted by atomic mass is 32.1. The molecule has 5 aliphatic rings.